The van der Waals surface area contributed by atoms with Crippen LogP contribution in [0.15, 0.2) is 24.3 Å². The quantitative estimate of drug-likeness (QED) is 0.746. The van der Waals surface area contributed by atoms with Crippen molar-refractivity contribution in [1.29, 1.82) is 0 Å². The molecule has 0 spiro atoms. The molecular formula is C18H28ClNO. The van der Waals surface area contributed by atoms with E-state index in [-0.39, 0.29) is 18.3 Å². The summed E-state index contributed by atoms with van der Waals surface area (Å²) in [6, 6.07) is 8.02. The molecule has 1 fully saturated rings. The standard InChI is InChI=1S/C18H27NO.ClH/c1-3-16(14-19-12-6-4-5-7-13-19)18(20)17-10-8-15(2)9-11-17;/h8-11,16H,3-7,12-14H2,1-2H3;1H. The van der Waals surface area contributed by atoms with Gasteiger partial charge in [0.15, 0.2) is 5.78 Å². The number of hydrogen-bond donors (Lipinski definition) is 0. The van der Waals surface area contributed by atoms with Crippen LogP contribution in [0.1, 0.15) is 54.9 Å². The Morgan fingerprint density at radius 3 is 2.19 bits per heavy atom. The third-order valence-corrected chi connectivity index (χ3v) is 4.38. The molecule has 1 aliphatic heterocycles. The molecule has 21 heavy (non-hydrogen) atoms. The van der Waals surface area contributed by atoms with Gasteiger partial charge in [0.05, 0.1) is 0 Å². The van der Waals surface area contributed by atoms with E-state index in [1.54, 1.807) is 0 Å². The summed E-state index contributed by atoms with van der Waals surface area (Å²) in [5.41, 5.74) is 2.08. The molecule has 1 aromatic rings. The molecule has 0 bridgehead atoms. The maximum atomic E-state index is 12.6. The van der Waals surface area contributed by atoms with Gasteiger partial charge in [0.2, 0.25) is 0 Å². The fraction of sp³-hybridized carbons (Fsp3) is 0.611. The summed E-state index contributed by atoms with van der Waals surface area (Å²) in [4.78, 5) is 15.1. The lowest BCUT2D eigenvalue weighted by atomic mass is 9.94. The first-order chi connectivity index (χ1) is 9.70. The summed E-state index contributed by atoms with van der Waals surface area (Å²) in [6.45, 7) is 7.45. The number of nitrogens with zero attached hydrogens (tertiary/aromatic N) is 1. The van der Waals surface area contributed by atoms with Gasteiger partial charge in [0, 0.05) is 18.0 Å². The van der Waals surface area contributed by atoms with Crippen molar-refractivity contribution >= 4 is 18.2 Å². The number of carbonyl (C=O) groups excluding carboxylic acids is 1. The van der Waals surface area contributed by atoms with Crippen LogP contribution in [-0.4, -0.2) is 30.3 Å². The summed E-state index contributed by atoms with van der Waals surface area (Å²) in [6.07, 6.45) is 6.20. The Labute approximate surface area is 135 Å². The molecule has 2 nitrogen and oxygen atoms in total. The Hall–Kier alpha value is -0.860. The average Bonchev–Trinajstić information content (AvgIpc) is 2.73. The number of ketones is 1. The number of carbonyl (C=O) groups is 1. The van der Waals surface area contributed by atoms with Gasteiger partial charge in [0.25, 0.3) is 0 Å². The number of Topliss-reactive ketones (excluding diaryl/α,β-unsaturated/α-hetero) is 1. The van der Waals surface area contributed by atoms with Crippen molar-refractivity contribution in [2.75, 3.05) is 19.6 Å². The van der Waals surface area contributed by atoms with Gasteiger partial charge in [-0.15, -0.1) is 12.4 Å². The number of rotatable bonds is 5. The first-order valence-electron chi connectivity index (χ1n) is 8.04. The summed E-state index contributed by atoms with van der Waals surface area (Å²) in [5.74, 6) is 0.465. The molecule has 1 aromatic carbocycles. The van der Waals surface area contributed by atoms with Crippen molar-refractivity contribution in [3.05, 3.63) is 35.4 Å². The van der Waals surface area contributed by atoms with Crippen LogP contribution < -0.4 is 0 Å². The van der Waals surface area contributed by atoms with Crippen molar-refractivity contribution in [2.24, 2.45) is 5.92 Å². The van der Waals surface area contributed by atoms with Gasteiger partial charge < -0.3 is 4.90 Å². The SMILES string of the molecule is CCC(CN1CCCCCC1)C(=O)c1ccc(C)cc1.Cl. The Balaban J connectivity index is 0.00000220. The first kappa shape index (κ1) is 18.2. The van der Waals surface area contributed by atoms with Crippen LogP contribution in [0, 0.1) is 12.8 Å². The highest BCUT2D eigenvalue weighted by molar-refractivity contribution is 5.98. The van der Waals surface area contributed by atoms with E-state index in [1.807, 2.05) is 24.3 Å². The molecule has 1 heterocycles. The fourth-order valence-corrected chi connectivity index (χ4v) is 2.98. The van der Waals surface area contributed by atoms with Crippen LogP contribution in [0.3, 0.4) is 0 Å². The molecule has 1 atom stereocenters. The minimum Gasteiger partial charge on any atom is -0.303 e. The molecule has 0 N–H and O–H groups in total. The molecule has 0 saturated carbocycles. The smallest absolute Gasteiger partial charge is 0.167 e. The summed E-state index contributed by atoms with van der Waals surface area (Å²) < 4.78 is 0. The molecule has 2 rings (SSSR count). The monoisotopic (exact) mass is 309 g/mol. The van der Waals surface area contributed by atoms with E-state index in [0.717, 1.165) is 31.6 Å². The van der Waals surface area contributed by atoms with Crippen LogP contribution >= 0.6 is 12.4 Å². The van der Waals surface area contributed by atoms with Crippen LogP contribution in [0.5, 0.6) is 0 Å². The third-order valence-electron chi connectivity index (χ3n) is 4.38. The number of aryl methyl sites for hydroxylation is 1. The number of hydrogen-bond acceptors (Lipinski definition) is 2. The number of benzene rings is 1. The number of halogens is 1. The maximum Gasteiger partial charge on any atom is 0.167 e. The Bertz CT molecular complexity index is 421. The molecule has 0 aliphatic carbocycles. The third kappa shape index (κ3) is 5.44. The van der Waals surface area contributed by atoms with Crippen LogP contribution in [0.4, 0.5) is 0 Å². The van der Waals surface area contributed by atoms with Crippen molar-refractivity contribution in [3.8, 4) is 0 Å². The molecule has 1 saturated heterocycles. The lowest BCUT2D eigenvalue weighted by Crippen LogP contribution is -2.33. The molecule has 0 aromatic heterocycles. The number of likely N-dealkylation sites (tertiary alicyclic amines) is 1. The second kappa shape index (κ2) is 9.22. The zero-order chi connectivity index (χ0) is 14.4. The topological polar surface area (TPSA) is 20.3 Å². The molecule has 3 heteroatoms. The van der Waals surface area contributed by atoms with Crippen LogP contribution in [0.2, 0.25) is 0 Å². The van der Waals surface area contributed by atoms with E-state index in [2.05, 4.69) is 18.7 Å². The first-order valence-corrected chi connectivity index (χ1v) is 8.04. The minimum absolute atomic E-state index is 0. The highest BCUT2D eigenvalue weighted by Gasteiger charge is 2.21. The summed E-state index contributed by atoms with van der Waals surface area (Å²) in [5, 5.41) is 0. The highest BCUT2D eigenvalue weighted by atomic mass is 35.5. The Kier molecular flexibility index (Phi) is 7.98. The molecule has 0 radical (unpaired) electrons. The minimum atomic E-state index is 0. The molecule has 1 aliphatic rings. The van der Waals surface area contributed by atoms with Crippen molar-refractivity contribution in [1.82, 2.24) is 4.90 Å². The van der Waals surface area contributed by atoms with E-state index in [9.17, 15) is 4.79 Å². The lowest BCUT2D eigenvalue weighted by Gasteiger charge is -2.24. The van der Waals surface area contributed by atoms with E-state index in [4.69, 9.17) is 0 Å². The zero-order valence-corrected chi connectivity index (χ0v) is 14.1. The molecule has 0 amide bonds. The van der Waals surface area contributed by atoms with E-state index < -0.39 is 0 Å². The maximum absolute atomic E-state index is 12.6. The predicted molar refractivity (Wildman–Crippen MR) is 91.4 cm³/mol. The van der Waals surface area contributed by atoms with Crippen LogP contribution in [0.25, 0.3) is 0 Å². The Morgan fingerprint density at radius 1 is 1.10 bits per heavy atom. The van der Waals surface area contributed by atoms with E-state index in [1.165, 1.54) is 31.2 Å². The van der Waals surface area contributed by atoms with E-state index in [0.29, 0.717) is 5.78 Å². The van der Waals surface area contributed by atoms with Crippen molar-refractivity contribution in [2.45, 2.75) is 46.0 Å². The van der Waals surface area contributed by atoms with E-state index >= 15 is 0 Å². The normalized spacial score (nSPS) is 17.6. The second-order valence-corrected chi connectivity index (χ2v) is 6.05. The Morgan fingerprint density at radius 2 is 1.67 bits per heavy atom. The van der Waals surface area contributed by atoms with Crippen LogP contribution in [-0.2, 0) is 0 Å². The fourth-order valence-electron chi connectivity index (χ4n) is 2.98. The molecular weight excluding hydrogens is 282 g/mol. The van der Waals surface area contributed by atoms with Gasteiger partial charge in [0.1, 0.15) is 0 Å². The van der Waals surface area contributed by atoms with Crippen molar-refractivity contribution in [3.63, 3.8) is 0 Å². The van der Waals surface area contributed by atoms with Gasteiger partial charge in [-0.1, -0.05) is 49.6 Å². The molecule has 118 valence electrons. The highest BCUT2D eigenvalue weighted by Crippen LogP contribution is 2.17. The van der Waals surface area contributed by atoms with Gasteiger partial charge >= 0.3 is 0 Å². The van der Waals surface area contributed by atoms with Gasteiger partial charge in [-0.25, -0.2) is 0 Å². The van der Waals surface area contributed by atoms with Gasteiger partial charge in [-0.2, -0.15) is 0 Å². The molecule has 1 unspecified atom stereocenters. The van der Waals surface area contributed by atoms with Gasteiger partial charge in [-0.3, -0.25) is 4.79 Å². The lowest BCUT2D eigenvalue weighted by molar-refractivity contribution is 0.0877. The predicted octanol–water partition coefficient (Wildman–Crippen LogP) is 4.50. The largest absolute Gasteiger partial charge is 0.303 e. The zero-order valence-electron chi connectivity index (χ0n) is 13.3. The summed E-state index contributed by atoms with van der Waals surface area (Å²) in [7, 11) is 0. The van der Waals surface area contributed by atoms with Crippen molar-refractivity contribution < 1.29 is 4.79 Å². The van der Waals surface area contributed by atoms with Gasteiger partial charge in [-0.05, 0) is 39.3 Å². The summed E-state index contributed by atoms with van der Waals surface area (Å²) >= 11 is 0. The second-order valence-electron chi connectivity index (χ2n) is 6.05. The average molecular weight is 310 g/mol.